The van der Waals surface area contributed by atoms with E-state index in [0.717, 1.165) is 0 Å². The van der Waals surface area contributed by atoms with Crippen molar-refractivity contribution in [2.75, 3.05) is 6.54 Å². The van der Waals surface area contributed by atoms with Gasteiger partial charge in [0, 0.05) is 13.0 Å². The molecule has 0 saturated carbocycles. The van der Waals surface area contributed by atoms with E-state index in [1.54, 1.807) is 6.92 Å². The number of aromatic nitrogens is 2. The second-order valence-corrected chi connectivity index (χ2v) is 5.09. The number of rotatable bonds is 5. The van der Waals surface area contributed by atoms with Crippen molar-refractivity contribution >= 4 is 0 Å². The standard InChI is InChI=1S/C14H19N3O2/c1-10-5-3-4-6-11(10)7-12-16-13(19-17-12)8-14(2,18)9-15/h3-6,18H,7-9,15H2,1-2H3. The third kappa shape index (κ3) is 3.62. The van der Waals surface area contributed by atoms with Crippen LogP contribution in [0.5, 0.6) is 0 Å². The van der Waals surface area contributed by atoms with Crippen molar-refractivity contribution in [1.82, 2.24) is 10.1 Å². The van der Waals surface area contributed by atoms with Crippen molar-refractivity contribution in [2.45, 2.75) is 32.3 Å². The molecule has 0 amide bonds. The molecule has 0 fully saturated rings. The van der Waals surface area contributed by atoms with Crippen molar-refractivity contribution in [3.8, 4) is 0 Å². The van der Waals surface area contributed by atoms with Gasteiger partial charge in [0.25, 0.3) is 0 Å². The van der Waals surface area contributed by atoms with Crippen LogP contribution in [-0.2, 0) is 12.8 Å². The molecule has 0 radical (unpaired) electrons. The number of aliphatic hydroxyl groups is 1. The lowest BCUT2D eigenvalue weighted by molar-refractivity contribution is 0.0610. The van der Waals surface area contributed by atoms with Crippen LogP contribution in [-0.4, -0.2) is 27.4 Å². The number of benzene rings is 1. The summed E-state index contributed by atoms with van der Waals surface area (Å²) in [5.74, 6) is 1.04. The fraction of sp³-hybridized carbons (Fsp3) is 0.429. The normalized spacial score (nSPS) is 14.3. The van der Waals surface area contributed by atoms with Crippen LogP contribution in [0.25, 0.3) is 0 Å². The topological polar surface area (TPSA) is 85.2 Å². The molecule has 19 heavy (non-hydrogen) atoms. The molecule has 0 saturated heterocycles. The first-order chi connectivity index (χ1) is 9.00. The predicted octanol–water partition coefficient (Wildman–Crippen LogP) is 1.22. The minimum atomic E-state index is -1.01. The van der Waals surface area contributed by atoms with E-state index in [-0.39, 0.29) is 13.0 Å². The van der Waals surface area contributed by atoms with Crippen LogP contribution in [0, 0.1) is 6.92 Å². The van der Waals surface area contributed by atoms with Crippen LogP contribution in [0.2, 0.25) is 0 Å². The van der Waals surface area contributed by atoms with E-state index in [2.05, 4.69) is 23.1 Å². The van der Waals surface area contributed by atoms with E-state index in [1.807, 2.05) is 18.2 Å². The Hall–Kier alpha value is -1.72. The molecule has 1 unspecified atom stereocenters. The molecule has 0 spiro atoms. The van der Waals surface area contributed by atoms with Gasteiger partial charge >= 0.3 is 0 Å². The van der Waals surface area contributed by atoms with Crippen LogP contribution < -0.4 is 5.73 Å². The summed E-state index contributed by atoms with van der Waals surface area (Å²) >= 11 is 0. The molecule has 1 heterocycles. The van der Waals surface area contributed by atoms with Crippen LogP contribution in [0.15, 0.2) is 28.8 Å². The monoisotopic (exact) mass is 261 g/mol. The molecule has 0 aliphatic rings. The smallest absolute Gasteiger partial charge is 0.229 e. The third-order valence-corrected chi connectivity index (χ3v) is 3.09. The summed E-state index contributed by atoms with van der Waals surface area (Å²) in [7, 11) is 0. The summed E-state index contributed by atoms with van der Waals surface area (Å²) in [5, 5.41) is 13.8. The van der Waals surface area contributed by atoms with E-state index < -0.39 is 5.60 Å². The molecule has 3 N–H and O–H groups in total. The van der Waals surface area contributed by atoms with Gasteiger partial charge in [0.05, 0.1) is 12.0 Å². The van der Waals surface area contributed by atoms with Gasteiger partial charge in [0.15, 0.2) is 5.82 Å². The fourth-order valence-corrected chi connectivity index (χ4v) is 1.81. The lowest BCUT2D eigenvalue weighted by Gasteiger charge is -2.17. The minimum Gasteiger partial charge on any atom is -0.388 e. The zero-order chi connectivity index (χ0) is 13.9. The Bertz CT molecular complexity index is 549. The van der Waals surface area contributed by atoms with Crippen LogP contribution in [0.4, 0.5) is 0 Å². The third-order valence-electron chi connectivity index (χ3n) is 3.09. The van der Waals surface area contributed by atoms with Crippen molar-refractivity contribution in [3.63, 3.8) is 0 Å². The van der Waals surface area contributed by atoms with E-state index in [9.17, 15) is 5.11 Å². The summed E-state index contributed by atoms with van der Waals surface area (Å²) < 4.78 is 5.14. The average Bonchev–Trinajstić information content (AvgIpc) is 2.79. The molecule has 2 rings (SSSR count). The Morgan fingerprint density at radius 2 is 2.11 bits per heavy atom. The summed E-state index contributed by atoms with van der Waals surface area (Å²) in [6.45, 7) is 3.86. The highest BCUT2D eigenvalue weighted by Crippen LogP contribution is 2.14. The molecular weight excluding hydrogens is 242 g/mol. The van der Waals surface area contributed by atoms with Crippen molar-refractivity contribution in [2.24, 2.45) is 5.73 Å². The quantitative estimate of drug-likeness (QED) is 0.845. The van der Waals surface area contributed by atoms with Crippen LogP contribution in [0.3, 0.4) is 0 Å². The highest BCUT2D eigenvalue weighted by molar-refractivity contribution is 5.27. The van der Waals surface area contributed by atoms with Gasteiger partial charge in [-0.25, -0.2) is 0 Å². The lowest BCUT2D eigenvalue weighted by Crippen LogP contribution is -2.36. The van der Waals surface area contributed by atoms with Gasteiger partial charge in [-0.1, -0.05) is 29.4 Å². The molecule has 102 valence electrons. The Morgan fingerprint density at radius 3 is 2.79 bits per heavy atom. The van der Waals surface area contributed by atoms with Gasteiger partial charge in [-0.2, -0.15) is 4.98 Å². The molecule has 0 aliphatic heterocycles. The molecule has 2 aromatic rings. The van der Waals surface area contributed by atoms with E-state index in [4.69, 9.17) is 10.3 Å². The zero-order valence-electron chi connectivity index (χ0n) is 11.3. The Balaban J connectivity index is 2.08. The Morgan fingerprint density at radius 1 is 1.37 bits per heavy atom. The maximum atomic E-state index is 9.87. The van der Waals surface area contributed by atoms with Crippen molar-refractivity contribution in [1.29, 1.82) is 0 Å². The predicted molar refractivity (Wildman–Crippen MR) is 71.7 cm³/mol. The van der Waals surface area contributed by atoms with Crippen molar-refractivity contribution < 1.29 is 9.63 Å². The largest absolute Gasteiger partial charge is 0.388 e. The van der Waals surface area contributed by atoms with Crippen molar-refractivity contribution in [3.05, 3.63) is 47.1 Å². The Kier molecular flexibility index (Phi) is 3.97. The summed E-state index contributed by atoms with van der Waals surface area (Å²) in [6, 6.07) is 8.08. The zero-order valence-corrected chi connectivity index (χ0v) is 11.3. The number of nitrogens with two attached hydrogens (primary N) is 1. The molecule has 5 heteroatoms. The second kappa shape index (κ2) is 5.50. The van der Waals surface area contributed by atoms with Gasteiger partial charge in [0.1, 0.15) is 0 Å². The lowest BCUT2D eigenvalue weighted by atomic mass is 10.0. The molecule has 0 aliphatic carbocycles. The van der Waals surface area contributed by atoms with Gasteiger partial charge < -0.3 is 15.4 Å². The number of hydrogen-bond donors (Lipinski definition) is 2. The van der Waals surface area contributed by atoms with Gasteiger partial charge in [0.2, 0.25) is 5.89 Å². The first kappa shape index (κ1) is 13.7. The molecular formula is C14H19N3O2. The van der Waals surface area contributed by atoms with Crippen LogP contribution >= 0.6 is 0 Å². The highest BCUT2D eigenvalue weighted by atomic mass is 16.5. The fourth-order valence-electron chi connectivity index (χ4n) is 1.81. The summed E-state index contributed by atoms with van der Waals surface area (Å²) in [4.78, 5) is 4.29. The molecule has 1 aromatic heterocycles. The van der Waals surface area contributed by atoms with E-state index in [0.29, 0.717) is 18.1 Å². The number of aryl methyl sites for hydroxylation is 1. The molecule has 1 atom stereocenters. The minimum absolute atomic E-state index is 0.155. The molecule has 5 nitrogen and oxygen atoms in total. The second-order valence-electron chi connectivity index (χ2n) is 5.09. The number of nitrogens with zero attached hydrogens (tertiary/aromatic N) is 2. The van der Waals surface area contributed by atoms with Crippen LogP contribution in [0.1, 0.15) is 29.8 Å². The SMILES string of the molecule is Cc1ccccc1Cc1noc(CC(C)(O)CN)n1. The highest BCUT2D eigenvalue weighted by Gasteiger charge is 2.22. The molecule has 0 bridgehead atoms. The van der Waals surface area contributed by atoms with E-state index in [1.165, 1.54) is 11.1 Å². The van der Waals surface area contributed by atoms with Gasteiger partial charge in [-0.3, -0.25) is 0 Å². The van der Waals surface area contributed by atoms with Gasteiger partial charge in [-0.05, 0) is 25.0 Å². The molecule has 1 aromatic carbocycles. The maximum absolute atomic E-state index is 9.87. The summed E-state index contributed by atoms with van der Waals surface area (Å²) in [5.41, 5.74) is 6.82. The van der Waals surface area contributed by atoms with Gasteiger partial charge in [-0.15, -0.1) is 0 Å². The maximum Gasteiger partial charge on any atom is 0.229 e. The number of hydrogen-bond acceptors (Lipinski definition) is 5. The summed E-state index contributed by atoms with van der Waals surface area (Å²) in [6.07, 6.45) is 0.894. The Labute approximate surface area is 112 Å². The first-order valence-corrected chi connectivity index (χ1v) is 6.28. The first-order valence-electron chi connectivity index (χ1n) is 6.28. The van der Waals surface area contributed by atoms with E-state index >= 15 is 0 Å². The average molecular weight is 261 g/mol.